The van der Waals surface area contributed by atoms with E-state index < -0.39 is 0 Å². The molecule has 3 aromatic carbocycles. The molecule has 1 atom stereocenters. The van der Waals surface area contributed by atoms with Crippen LogP contribution in [0.2, 0.25) is 0 Å². The Balaban J connectivity index is 1.45. The number of fused-ring (bicyclic) bond motifs is 4. The molecule has 0 unspecified atom stereocenters. The monoisotopic (exact) mass is 450 g/mol. The maximum Gasteiger partial charge on any atom is 0.228 e. The van der Waals surface area contributed by atoms with Crippen molar-refractivity contribution in [3.8, 4) is 23.1 Å². The van der Waals surface area contributed by atoms with Crippen LogP contribution in [0.1, 0.15) is 39.6 Å². The largest absolute Gasteiger partial charge is 0.508 e. The molecule has 3 heterocycles. The summed E-state index contributed by atoms with van der Waals surface area (Å²) in [7, 11) is 0. The van der Waals surface area contributed by atoms with E-state index >= 15 is 0 Å². The predicted octanol–water partition coefficient (Wildman–Crippen LogP) is 5.31. The average Bonchev–Trinajstić information content (AvgIpc) is 3.27. The predicted molar refractivity (Wildman–Crippen MR) is 127 cm³/mol. The molecule has 0 bridgehead atoms. The summed E-state index contributed by atoms with van der Waals surface area (Å²) in [4.78, 5) is 9.34. The Morgan fingerprint density at radius 2 is 1.88 bits per heavy atom. The number of aryl methyl sites for hydroxylation is 1. The van der Waals surface area contributed by atoms with Crippen molar-refractivity contribution in [1.82, 2.24) is 19.6 Å². The molecular weight excluding hydrogens is 428 g/mol. The molecule has 1 N–H and O–H groups in total. The smallest absolute Gasteiger partial charge is 0.228 e. The summed E-state index contributed by atoms with van der Waals surface area (Å²) >= 11 is 0. The number of ether oxygens (including phenoxy) is 2. The molecule has 0 amide bonds. The first-order chi connectivity index (χ1) is 16.6. The maximum atomic E-state index is 10.0. The van der Waals surface area contributed by atoms with E-state index in [0.717, 1.165) is 28.0 Å². The van der Waals surface area contributed by atoms with Crippen molar-refractivity contribution in [1.29, 1.82) is 0 Å². The van der Waals surface area contributed by atoms with Crippen molar-refractivity contribution >= 4 is 5.65 Å². The molecule has 0 fully saturated rings. The van der Waals surface area contributed by atoms with Gasteiger partial charge in [0.2, 0.25) is 5.88 Å². The van der Waals surface area contributed by atoms with Gasteiger partial charge >= 0.3 is 0 Å². The summed E-state index contributed by atoms with van der Waals surface area (Å²) in [6, 6.07) is 21.3. The minimum Gasteiger partial charge on any atom is -0.508 e. The van der Waals surface area contributed by atoms with Gasteiger partial charge in [0.15, 0.2) is 11.5 Å². The van der Waals surface area contributed by atoms with Crippen molar-refractivity contribution in [3.63, 3.8) is 0 Å². The van der Waals surface area contributed by atoms with E-state index in [1.807, 2.05) is 43.3 Å². The van der Waals surface area contributed by atoms with Crippen LogP contribution in [-0.4, -0.2) is 24.7 Å². The zero-order chi connectivity index (χ0) is 23.2. The topological polar surface area (TPSA) is 81.8 Å². The number of phenolic OH excluding ortho intramolecular Hbond substituents is 1. The van der Waals surface area contributed by atoms with Crippen LogP contribution < -0.4 is 9.47 Å². The van der Waals surface area contributed by atoms with E-state index in [1.54, 1.807) is 23.0 Å². The lowest BCUT2D eigenvalue weighted by Crippen LogP contribution is -2.14. The molecule has 0 saturated heterocycles. The lowest BCUT2D eigenvalue weighted by Gasteiger charge is -2.27. The second-order valence-corrected chi connectivity index (χ2v) is 8.41. The summed E-state index contributed by atoms with van der Waals surface area (Å²) in [5.41, 5.74) is 5.77. The van der Waals surface area contributed by atoms with Crippen LogP contribution in [0.4, 0.5) is 0 Å². The van der Waals surface area contributed by atoms with Gasteiger partial charge in [0.25, 0.3) is 0 Å². The van der Waals surface area contributed by atoms with Crippen LogP contribution >= 0.6 is 0 Å². The normalized spacial score (nSPS) is 14.4. The molecular formula is C27H22N4O3. The van der Waals surface area contributed by atoms with Gasteiger partial charge in [-0.3, -0.25) is 0 Å². The van der Waals surface area contributed by atoms with Crippen LogP contribution in [0, 0.1) is 13.8 Å². The van der Waals surface area contributed by atoms with Gasteiger partial charge in [-0.05, 0) is 42.7 Å². The number of nitrogens with zero attached hydrogens (tertiary/aromatic N) is 4. The zero-order valence-corrected chi connectivity index (χ0v) is 18.8. The molecule has 168 valence electrons. The lowest BCUT2D eigenvalue weighted by molar-refractivity contribution is 0.294. The van der Waals surface area contributed by atoms with Crippen LogP contribution in [0.15, 0.2) is 73.1 Å². The fourth-order valence-corrected chi connectivity index (χ4v) is 4.42. The molecule has 0 saturated carbocycles. The van der Waals surface area contributed by atoms with E-state index in [-0.39, 0.29) is 18.3 Å². The first kappa shape index (κ1) is 20.2. The summed E-state index contributed by atoms with van der Waals surface area (Å²) in [6.07, 6.45) is 1.60. The first-order valence-corrected chi connectivity index (χ1v) is 11.1. The average molecular weight is 450 g/mol. The third-order valence-electron chi connectivity index (χ3n) is 6.28. The Kier molecular flexibility index (Phi) is 4.69. The number of hydrogen-bond acceptors (Lipinski definition) is 6. The van der Waals surface area contributed by atoms with Crippen molar-refractivity contribution < 1.29 is 14.6 Å². The van der Waals surface area contributed by atoms with Gasteiger partial charge in [-0.25, -0.2) is 14.5 Å². The molecule has 1 aliphatic rings. The lowest BCUT2D eigenvalue weighted by atomic mass is 9.84. The highest BCUT2D eigenvalue weighted by Crippen LogP contribution is 2.48. The number of aromatic hydroxyl groups is 1. The Labute approximate surface area is 196 Å². The number of aromatic nitrogens is 4. The molecule has 0 radical (unpaired) electrons. The summed E-state index contributed by atoms with van der Waals surface area (Å²) < 4.78 is 13.8. The highest BCUT2D eigenvalue weighted by Gasteiger charge is 2.33. The molecule has 7 heteroatoms. The first-order valence-electron chi connectivity index (χ1n) is 11.1. The Morgan fingerprint density at radius 3 is 2.74 bits per heavy atom. The van der Waals surface area contributed by atoms with E-state index in [1.165, 1.54) is 5.56 Å². The molecule has 1 aliphatic heterocycles. The van der Waals surface area contributed by atoms with Gasteiger partial charge in [0.05, 0.1) is 5.56 Å². The molecule has 0 aliphatic carbocycles. The van der Waals surface area contributed by atoms with E-state index in [2.05, 4.69) is 35.2 Å². The van der Waals surface area contributed by atoms with Crippen LogP contribution in [-0.2, 0) is 6.61 Å². The SMILES string of the molecule is Cc1cccc(OCc2nc3c4c(ncn3n2)Oc2cc(O)ccc2[C@H]4c2ccccc2)c1C. The Hall–Kier alpha value is -4.39. The minimum absolute atomic E-state index is 0.142. The minimum atomic E-state index is -0.172. The van der Waals surface area contributed by atoms with E-state index in [9.17, 15) is 5.11 Å². The summed E-state index contributed by atoms with van der Waals surface area (Å²) in [5.74, 6) is 2.37. The maximum absolute atomic E-state index is 10.0. The quantitative estimate of drug-likeness (QED) is 0.392. The van der Waals surface area contributed by atoms with Crippen LogP contribution in [0.25, 0.3) is 5.65 Å². The third kappa shape index (κ3) is 3.33. The fourth-order valence-electron chi connectivity index (χ4n) is 4.42. The second-order valence-electron chi connectivity index (χ2n) is 8.41. The van der Waals surface area contributed by atoms with Gasteiger partial charge in [0, 0.05) is 17.5 Å². The Morgan fingerprint density at radius 1 is 1.03 bits per heavy atom. The number of rotatable bonds is 4. The molecule has 7 nitrogen and oxygen atoms in total. The molecule has 2 aromatic heterocycles. The molecule has 34 heavy (non-hydrogen) atoms. The van der Waals surface area contributed by atoms with Gasteiger partial charge in [-0.15, -0.1) is 5.10 Å². The van der Waals surface area contributed by atoms with E-state index in [0.29, 0.717) is 23.1 Å². The van der Waals surface area contributed by atoms with Gasteiger partial charge in [-0.2, -0.15) is 0 Å². The number of hydrogen-bond donors (Lipinski definition) is 1. The van der Waals surface area contributed by atoms with Crippen molar-refractivity contribution in [2.75, 3.05) is 0 Å². The fraction of sp³-hybridized carbons (Fsp3) is 0.148. The van der Waals surface area contributed by atoms with Crippen molar-refractivity contribution in [2.24, 2.45) is 0 Å². The molecule has 0 spiro atoms. The third-order valence-corrected chi connectivity index (χ3v) is 6.28. The number of benzene rings is 3. The van der Waals surface area contributed by atoms with Gasteiger partial charge in [0.1, 0.15) is 30.2 Å². The van der Waals surface area contributed by atoms with Crippen LogP contribution in [0.5, 0.6) is 23.1 Å². The Bertz CT molecular complexity index is 1530. The molecule has 6 rings (SSSR count). The molecule has 5 aromatic rings. The highest BCUT2D eigenvalue weighted by molar-refractivity contribution is 5.66. The van der Waals surface area contributed by atoms with Crippen molar-refractivity contribution in [3.05, 3.63) is 107 Å². The highest BCUT2D eigenvalue weighted by atomic mass is 16.5. The standard InChI is InChI=1S/C27H22N4O3/c1-16-7-6-10-21(17(16)2)33-14-23-29-26-25-24(18-8-4-3-5-9-18)20-12-11-19(32)13-22(20)34-27(25)28-15-31(26)30-23/h3-13,15,24,32H,14H2,1-2H3/t24-/m1/s1. The van der Waals surface area contributed by atoms with Crippen molar-refractivity contribution in [2.45, 2.75) is 26.4 Å². The van der Waals surface area contributed by atoms with Crippen LogP contribution in [0.3, 0.4) is 0 Å². The summed E-state index contributed by atoms with van der Waals surface area (Å²) in [6.45, 7) is 4.34. The zero-order valence-electron chi connectivity index (χ0n) is 18.8. The van der Waals surface area contributed by atoms with E-state index in [4.69, 9.17) is 14.5 Å². The van der Waals surface area contributed by atoms with Gasteiger partial charge in [-0.1, -0.05) is 48.5 Å². The second kappa shape index (κ2) is 7.88. The van der Waals surface area contributed by atoms with Gasteiger partial charge < -0.3 is 14.6 Å². The summed E-state index contributed by atoms with van der Waals surface area (Å²) in [5, 5.41) is 14.6. The number of phenols is 1.